The average Bonchev–Trinajstić information content (AvgIpc) is 3.47. The van der Waals surface area contributed by atoms with Crippen LogP contribution in [0.4, 0.5) is 18.9 Å². The van der Waals surface area contributed by atoms with E-state index in [0.29, 0.717) is 12.6 Å². The number of hydrogen-bond donors (Lipinski definition) is 1. The van der Waals surface area contributed by atoms with Crippen LogP contribution in [0.2, 0.25) is 0 Å². The van der Waals surface area contributed by atoms with Gasteiger partial charge in [-0.2, -0.15) is 21.8 Å². The Hall–Kier alpha value is -2.49. The fraction of sp³-hybridized carbons (Fsp3) is 0.407. The number of aliphatic hydroxyl groups is 1. The van der Waals surface area contributed by atoms with Crippen molar-refractivity contribution >= 4 is 37.1 Å². The van der Waals surface area contributed by atoms with Crippen LogP contribution in [0.1, 0.15) is 31.0 Å². The summed E-state index contributed by atoms with van der Waals surface area (Å²) in [6.07, 6.45) is -3.80. The summed E-state index contributed by atoms with van der Waals surface area (Å²) in [5.41, 5.74) is -2.18. The van der Waals surface area contributed by atoms with Gasteiger partial charge in [-0.05, 0) is 48.6 Å². The molecular formula is C27H32F3N3O5S3. The van der Waals surface area contributed by atoms with Crippen molar-refractivity contribution in [3.05, 3.63) is 83.2 Å². The highest BCUT2D eigenvalue weighted by Gasteiger charge is 2.51. The summed E-state index contributed by atoms with van der Waals surface area (Å²) < 4.78 is 95.8. The van der Waals surface area contributed by atoms with Gasteiger partial charge in [0.2, 0.25) is 10.0 Å². The number of sulfonamides is 2. The van der Waals surface area contributed by atoms with Gasteiger partial charge in [0.25, 0.3) is 10.0 Å². The van der Waals surface area contributed by atoms with Crippen LogP contribution >= 0.6 is 11.3 Å². The molecule has 8 nitrogen and oxygen atoms in total. The number of nitrogens with zero attached hydrogens (tertiary/aromatic N) is 3. The minimum atomic E-state index is -4.89. The first-order valence-corrected chi connectivity index (χ1v) is 16.9. The number of rotatable bonds is 9. The molecule has 1 aliphatic heterocycles. The second kappa shape index (κ2) is 11.7. The summed E-state index contributed by atoms with van der Waals surface area (Å²) in [5, 5.41) is 11.7. The van der Waals surface area contributed by atoms with E-state index in [1.54, 1.807) is 42.6 Å². The lowest BCUT2D eigenvalue weighted by molar-refractivity contribution is -0.258. The molecular weight excluding hydrogens is 600 g/mol. The fourth-order valence-electron chi connectivity index (χ4n) is 4.91. The monoisotopic (exact) mass is 631 g/mol. The van der Waals surface area contributed by atoms with Gasteiger partial charge in [-0.25, -0.2) is 16.8 Å². The van der Waals surface area contributed by atoms with E-state index in [9.17, 15) is 35.1 Å². The van der Waals surface area contributed by atoms with Crippen molar-refractivity contribution in [2.24, 2.45) is 0 Å². The number of thiophene rings is 1. The van der Waals surface area contributed by atoms with Gasteiger partial charge >= 0.3 is 6.18 Å². The largest absolute Gasteiger partial charge is 0.421 e. The Labute approximate surface area is 242 Å². The number of alkyl halides is 3. The zero-order valence-electron chi connectivity index (χ0n) is 22.7. The van der Waals surface area contributed by atoms with Crippen LogP contribution < -0.4 is 4.90 Å². The number of benzene rings is 2. The lowest BCUT2D eigenvalue weighted by atomic mass is 9.95. The zero-order valence-corrected chi connectivity index (χ0v) is 25.1. The lowest BCUT2D eigenvalue weighted by Gasteiger charge is -2.44. The van der Waals surface area contributed by atoms with Crippen molar-refractivity contribution in [3.8, 4) is 0 Å². The highest BCUT2D eigenvalue weighted by atomic mass is 32.2. The van der Waals surface area contributed by atoms with Gasteiger partial charge in [-0.3, -0.25) is 0 Å². The van der Waals surface area contributed by atoms with Gasteiger partial charge in [0, 0.05) is 37.9 Å². The fourth-order valence-corrected chi connectivity index (χ4v) is 8.66. The van der Waals surface area contributed by atoms with Gasteiger partial charge in [-0.15, -0.1) is 11.3 Å². The predicted molar refractivity (Wildman–Crippen MR) is 153 cm³/mol. The summed E-state index contributed by atoms with van der Waals surface area (Å²) in [6.45, 7) is 2.56. The van der Waals surface area contributed by atoms with E-state index in [-0.39, 0.29) is 36.0 Å². The number of anilines is 1. The molecule has 3 aromatic rings. The highest BCUT2D eigenvalue weighted by molar-refractivity contribution is 7.91. The molecule has 1 fully saturated rings. The second-order valence-corrected chi connectivity index (χ2v) is 15.2. The van der Waals surface area contributed by atoms with Crippen LogP contribution in [0.3, 0.4) is 0 Å². The highest BCUT2D eigenvalue weighted by Crippen LogP contribution is 2.39. The minimum absolute atomic E-state index is 0.0459. The average molecular weight is 632 g/mol. The molecule has 14 heteroatoms. The molecule has 0 radical (unpaired) electrons. The topological polar surface area (TPSA) is 98.2 Å². The van der Waals surface area contributed by atoms with Gasteiger partial charge in [0.05, 0.1) is 12.3 Å². The summed E-state index contributed by atoms with van der Waals surface area (Å²) >= 11 is 1.08. The molecule has 0 aliphatic carbocycles. The van der Waals surface area contributed by atoms with Crippen LogP contribution in [0, 0.1) is 0 Å². The van der Waals surface area contributed by atoms with Crippen molar-refractivity contribution in [3.63, 3.8) is 0 Å². The third-order valence-electron chi connectivity index (χ3n) is 7.38. The summed E-state index contributed by atoms with van der Waals surface area (Å²) in [6, 6.07) is 16.1. The second-order valence-electron chi connectivity index (χ2n) is 10.2. The summed E-state index contributed by atoms with van der Waals surface area (Å²) in [7, 11) is -7.62. The first kappa shape index (κ1) is 31.4. The molecule has 0 unspecified atom stereocenters. The number of piperazine rings is 1. The van der Waals surface area contributed by atoms with E-state index in [0.717, 1.165) is 23.2 Å². The van der Waals surface area contributed by atoms with E-state index < -0.39 is 43.9 Å². The number of halogens is 3. The van der Waals surface area contributed by atoms with Crippen LogP contribution in [0.15, 0.2) is 76.3 Å². The molecule has 2 aromatic carbocycles. The van der Waals surface area contributed by atoms with Crippen molar-refractivity contribution in [1.29, 1.82) is 0 Å². The zero-order chi connectivity index (χ0) is 30.2. The molecule has 0 amide bonds. The van der Waals surface area contributed by atoms with Gasteiger partial charge in [-0.1, -0.05) is 48.5 Å². The van der Waals surface area contributed by atoms with Crippen molar-refractivity contribution in [2.75, 3.05) is 37.3 Å². The smallest absolute Gasteiger partial charge is 0.376 e. The normalized spacial score (nSPS) is 19.7. The molecule has 1 N–H and O–H groups in total. The maximum atomic E-state index is 13.4. The molecule has 4 rings (SSSR count). The van der Waals surface area contributed by atoms with Gasteiger partial charge < -0.3 is 10.0 Å². The summed E-state index contributed by atoms with van der Waals surface area (Å²) in [4.78, 5) is 1.81. The molecule has 1 aliphatic rings. The standard InChI is InChI=1S/C27H32F3N3O5S3/c1-20(21-8-5-4-6-9-21)33(40(3,35)36)19-24-18-31(41(37,38)25-10-7-17-39-25)15-16-32(24)23-13-11-22(12-14-23)26(2,34)27(28,29)30/h4-14,17,20,24,34H,15-16,18-19H2,1-3H3/t20-,24+,26+/m0/s1. The van der Waals surface area contributed by atoms with Gasteiger partial charge in [0.1, 0.15) is 4.21 Å². The van der Waals surface area contributed by atoms with Crippen molar-refractivity contribution in [1.82, 2.24) is 8.61 Å². The molecule has 224 valence electrons. The molecule has 0 spiro atoms. The Balaban J connectivity index is 1.71. The maximum Gasteiger partial charge on any atom is 0.421 e. The maximum absolute atomic E-state index is 13.4. The lowest BCUT2D eigenvalue weighted by Crippen LogP contribution is -2.59. The van der Waals surface area contributed by atoms with Crippen molar-refractivity contribution in [2.45, 2.75) is 41.9 Å². The molecule has 1 aromatic heterocycles. The molecule has 2 heterocycles. The third-order valence-corrected chi connectivity index (χ3v) is 11.9. The number of hydrogen-bond acceptors (Lipinski definition) is 7. The SMILES string of the molecule is C[C@@H](c1ccccc1)N(C[C@H]1CN(S(=O)(=O)c2cccs2)CCN1c1ccc([C@@](C)(O)C(F)(F)F)cc1)S(C)(=O)=O. The van der Waals surface area contributed by atoms with E-state index in [2.05, 4.69) is 0 Å². The van der Waals surface area contributed by atoms with Crippen LogP contribution in [-0.2, 0) is 25.6 Å². The molecule has 0 saturated carbocycles. The Morgan fingerprint density at radius 3 is 2.17 bits per heavy atom. The molecule has 0 bridgehead atoms. The Morgan fingerprint density at radius 2 is 1.63 bits per heavy atom. The first-order chi connectivity index (χ1) is 19.0. The van der Waals surface area contributed by atoms with Crippen LogP contribution in [-0.4, -0.2) is 75.2 Å². The van der Waals surface area contributed by atoms with Crippen LogP contribution in [0.25, 0.3) is 0 Å². The Kier molecular flexibility index (Phi) is 8.94. The van der Waals surface area contributed by atoms with E-state index in [1.165, 1.54) is 38.9 Å². The predicted octanol–water partition coefficient (Wildman–Crippen LogP) is 4.42. The quantitative estimate of drug-likeness (QED) is 0.376. The third kappa shape index (κ3) is 6.62. The van der Waals surface area contributed by atoms with E-state index >= 15 is 0 Å². The summed E-state index contributed by atoms with van der Waals surface area (Å²) in [5.74, 6) is 0. The van der Waals surface area contributed by atoms with Crippen LogP contribution in [0.5, 0.6) is 0 Å². The Morgan fingerprint density at radius 1 is 1.00 bits per heavy atom. The van der Waals surface area contributed by atoms with E-state index in [1.807, 2.05) is 11.0 Å². The molecule has 3 atom stereocenters. The van der Waals surface area contributed by atoms with Crippen molar-refractivity contribution < 1.29 is 35.1 Å². The van der Waals surface area contributed by atoms with E-state index in [4.69, 9.17) is 0 Å². The minimum Gasteiger partial charge on any atom is -0.376 e. The first-order valence-electron chi connectivity index (χ1n) is 12.7. The molecule has 1 saturated heterocycles. The molecule has 41 heavy (non-hydrogen) atoms. The van der Waals surface area contributed by atoms with Gasteiger partial charge in [0.15, 0.2) is 5.60 Å². The Bertz CT molecular complexity index is 1530.